The van der Waals surface area contributed by atoms with Crippen LogP contribution in [0.5, 0.6) is 0 Å². The normalized spacial score (nSPS) is 17.3. The van der Waals surface area contributed by atoms with Crippen molar-refractivity contribution >= 4 is 44.3 Å². The number of benzene rings is 2. The number of rotatable bonds is 16. The van der Waals surface area contributed by atoms with Gasteiger partial charge in [-0.25, -0.2) is 0 Å². The molecule has 6 rings (SSSR count). The lowest BCUT2D eigenvalue weighted by Crippen LogP contribution is -2.32. The maximum absolute atomic E-state index is 3.97. The third kappa shape index (κ3) is 12.5. The number of hydrogen-bond acceptors (Lipinski definition) is 2. The van der Waals surface area contributed by atoms with Gasteiger partial charge in [-0.2, -0.15) is 0 Å². The second-order valence-electron chi connectivity index (χ2n) is 19.6. The van der Waals surface area contributed by atoms with E-state index in [1.54, 1.807) is 11.1 Å². The van der Waals surface area contributed by atoms with Crippen molar-refractivity contribution in [3.63, 3.8) is 0 Å². The molecule has 1 unspecified atom stereocenters. The van der Waals surface area contributed by atoms with Crippen LogP contribution in [0.1, 0.15) is 193 Å². The highest BCUT2D eigenvalue weighted by molar-refractivity contribution is 7.13. The number of piperidine rings is 1. The molecule has 0 spiro atoms. The van der Waals surface area contributed by atoms with Crippen LogP contribution in [0, 0.1) is 5.92 Å². The van der Waals surface area contributed by atoms with Crippen LogP contribution in [0.3, 0.4) is 0 Å². The Bertz CT molecular complexity index is 2120. The molecule has 59 heavy (non-hydrogen) atoms. The van der Waals surface area contributed by atoms with Crippen LogP contribution < -0.4 is 5.32 Å². The first kappa shape index (κ1) is 46.5. The molecule has 0 radical (unpaired) electrons. The molecule has 1 aliphatic heterocycles. The predicted octanol–water partition coefficient (Wildman–Crippen LogP) is 17.7. The summed E-state index contributed by atoms with van der Waals surface area (Å²) in [6, 6.07) is 18.6. The Morgan fingerprint density at radius 1 is 0.729 bits per heavy atom. The fraction of sp³-hybridized carbons (Fsp3) is 0.536. The van der Waals surface area contributed by atoms with Crippen molar-refractivity contribution < 1.29 is 0 Å². The predicted molar refractivity (Wildman–Crippen MR) is 266 cm³/mol. The molecule has 2 aromatic heterocycles. The molecule has 0 bridgehead atoms. The van der Waals surface area contributed by atoms with E-state index in [4.69, 9.17) is 0 Å². The van der Waals surface area contributed by atoms with E-state index in [1.165, 1.54) is 149 Å². The van der Waals surface area contributed by atoms with Crippen molar-refractivity contribution in [2.24, 2.45) is 5.92 Å². The summed E-state index contributed by atoms with van der Waals surface area (Å²) < 4.78 is 0. The number of aromatic nitrogens is 1. The second-order valence-corrected chi connectivity index (χ2v) is 20.7. The quantitative estimate of drug-likeness (QED) is 0.108. The van der Waals surface area contributed by atoms with Gasteiger partial charge in [0.2, 0.25) is 0 Å². The molecular weight excluding hydrogens is 733 g/mol. The Hall–Kier alpha value is -3.56. The van der Waals surface area contributed by atoms with E-state index < -0.39 is 0 Å². The number of allylic oxidation sites excluding steroid dienone is 9. The summed E-state index contributed by atoms with van der Waals surface area (Å²) in [6.07, 6.45) is 29.4. The van der Waals surface area contributed by atoms with Crippen LogP contribution in [0.4, 0.5) is 0 Å². The molecule has 2 aromatic carbocycles. The molecule has 2 N–H and O–H groups in total. The average Bonchev–Trinajstić information content (AvgIpc) is 3.86. The Balaban J connectivity index is 0.000000749. The van der Waals surface area contributed by atoms with Crippen molar-refractivity contribution in [1.29, 1.82) is 0 Å². The maximum atomic E-state index is 3.97. The van der Waals surface area contributed by atoms with Gasteiger partial charge in [0.25, 0.3) is 0 Å². The zero-order valence-corrected chi connectivity index (χ0v) is 40.0. The highest BCUT2D eigenvalue weighted by Crippen LogP contribution is 2.45. The molecule has 0 amide bonds. The third-order valence-corrected chi connectivity index (χ3v) is 14.0. The largest absolute Gasteiger partial charge is 0.387 e. The standard InChI is InChI=1S/C48H62N2S.C8H18/c1-10-12-14-16-33(15-13-11-2)29-41-40(44-25-26-45(51-44)48(7,8)9)24-23-37-34(27-28-49-46(37)41)18-17-32(3)35-19-21-38-39-22-20-36(47(4,5)6)31-43(39)50-42(38)30-35;1-3-5-7-8-6-4-2/h17-22,24-26,29-31,37,49-50H,10-16,23,27-28H2,1-9H3;3-8H2,1-2H3/b32-17+,33-29-,34-18+;. The van der Waals surface area contributed by atoms with E-state index in [2.05, 4.69) is 159 Å². The molecule has 2 nitrogen and oxygen atoms in total. The Morgan fingerprint density at radius 3 is 2.02 bits per heavy atom. The Kier molecular flexibility index (Phi) is 17.2. The molecule has 4 aromatic rings. The molecule has 3 heteroatoms. The average molecular weight is 813 g/mol. The first-order valence-corrected chi connectivity index (χ1v) is 24.5. The van der Waals surface area contributed by atoms with Crippen molar-refractivity contribution in [2.45, 2.75) is 183 Å². The SMILES string of the molecule is CCCCC/C(=C\C1=C2NCC/C(=C\C=C(/C)c3ccc4c(c3)[nH]c3cc(C(C)(C)C)ccc34)C2CC=C1c1ccc(C(C)(C)C)s1)CCCC.CCCCCCCC. The molecule has 1 fully saturated rings. The van der Waals surface area contributed by atoms with Crippen molar-refractivity contribution in [2.75, 3.05) is 6.54 Å². The van der Waals surface area contributed by atoms with E-state index in [-0.39, 0.29) is 10.8 Å². The number of H-pyrrole nitrogens is 1. The number of nitrogens with one attached hydrogen (secondary N) is 2. The van der Waals surface area contributed by atoms with Gasteiger partial charge in [0.1, 0.15) is 0 Å². The van der Waals surface area contributed by atoms with E-state index >= 15 is 0 Å². The van der Waals surface area contributed by atoms with Gasteiger partial charge in [-0.15, -0.1) is 11.3 Å². The second kappa shape index (κ2) is 21.8. The minimum atomic E-state index is 0.131. The highest BCUT2D eigenvalue weighted by atomic mass is 32.1. The van der Waals surface area contributed by atoms with Crippen molar-refractivity contribution in [1.82, 2.24) is 10.3 Å². The van der Waals surface area contributed by atoms with Crippen LogP contribution in [0.2, 0.25) is 0 Å². The molecule has 320 valence electrons. The van der Waals surface area contributed by atoms with Gasteiger partial charge in [0.05, 0.1) is 0 Å². The first-order chi connectivity index (χ1) is 28.3. The first-order valence-electron chi connectivity index (χ1n) is 23.7. The van der Waals surface area contributed by atoms with Gasteiger partial charge in [0, 0.05) is 55.3 Å². The van der Waals surface area contributed by atoms with Gasteiger partial charge in [0.15, 0.2) is 0 Å². The van der Waals surface area contributed by atoms with E-state index in [1.807, 2.05) is 11.3 Å². The van der Waals surface area contributed by atoms with Crippen LogP contribution >= 0.6 is 11.3 Å². The lowest BCUT2D eigenvalue weighted by molar-refractivity contribution is 0.546. The Labute approximate surface area is 364 Å². The number of fused-ring (bicyclic) bond motifs is 4. The van der Waals surface area contributed by atoms with Gasteiger partial charge >= 0.3 is 0 Å². The lowest BCUT2D eigenvalue weighted by atomic mass is 9.78. The minimum Gasteiger partial charge on any atom is -0.387 e. The summed E-state index contributed by atoms with van der Waals surface area (Å²) in [5.41, 5.74) is 14.2. The number of aromatic amines is 1. The molecule has 1 saturated heterocycles. The minimum absolute atomic E-state index is 0.131. The molecule has 2 aliphatic rings. The highest BCUT2D eigenvalue weighted by Gasteiger charge is 2.31. The van der Waals surface area contributed by atoms with Gasteiger partial charge in [-0.05, 0) is 103 Å². The number of hydrogen-bond donors (Lipinski definition) is 2. The summed E-state index contributed by atoms with van der Waals surface area (Å²) in [5, 5.41) is 6.57. The molecular formula is C56H80N2S. The van der Waals surface area contributed by atoms with Gasteiger partial charge < -0.3 is 10.3 Å². The smallest absolute Gasteiger partial charge is 0.0470 e. The summed E-state index contributed by atoms with van der Waals surface area (Å²) in [7, 11) is 0. The van der Waals surface area contributed by atoms with E-state index in [0.29, 0.717) is 5.92 Å². The maximum Gasteiger partial charge on any atom is 0.0470 e. The summed E-state index contributed by atoms with van der Waals surface area (Å²) in [5.74, 6) is 0.399. The van der Waals surface area contributed by atoms with Crippen LogP contribution in [-0.4, -0.2) is 11.5 Å². The molecule has 0 saturated carbocycles. The zero-order valence-electron chi connectivity index (χ0n) is 39.2. The molecule has 1 atom stereocenters. The lowest BCUT2D eigenvalue weighted by Gasteiger charge is -2.35. The fourth-order valence-corrected chi connectivity index (χ4v) is 9.74. The summed E-state index contributed by atoms with van der Waals surface area (Å²) in [6.45, 7) is 26.3. The van der Waals surface area contributed by atoms with Crippen LogP contribution in [0.25, 0.3) is 33.0 Å². The van der Waals surface area contributed by atoms with Crippen LogP contribution in [-0.2, 0) is 10.8 Å². The van der Waals surface area contributed by atoms with E-state index in [9.17, 15) is 0 Å². The molecule has 1 aliphatic carbocycles. The van der Waals surface area contributed by atoms with Crippen molar-refractivity contribution in [3.8, 4) is 0 Å². The monoisotopic (exact) mass is 813 g/mol. The van der Waals surface area contributed by atoms with Gasteiger partial charge in [-0.3, -0.25) is 0 Å². The summed E-state index contributed by atoms with van der Waals surface area (Å²) in [4.78, 5) is 6.61. The van der Waals surface area contributed by atoms with Gasteiger partial charge in [-0.1, -0.05) is 187 Å². The van der Waals surface area contributed by atoms with E-state index in [0.717, 1.165) is 19.4 Å². The number of unbranched alkanes of at least 4 members (excludes halogenated alkanes) is 8. The molecule has 3 heterocycles. The Morgan fingerprint density at radius 2 is 1.37 bits per heavy atom. The number of thiophene rings is 1. The topological polar surface area (TPSA) is 27.8 Å². The third-order valence-electron chi connectivity index (χ3n) is 12.5. The van der Waals surface area contributed by atoms with Crippen molar-refractivity contribution in [3.05, 3.63) is 116 Å². The van der Waals surface area contributed by atoms with Crippen LogP contribution in [0.15, 0.2) is 95.3 Å². The summed E-state index contributed by atoms with van der Waals surface area (Å²) >= 11 is 1.99. The zero-order chi connectivity index (χ0) is 42.6. The fourth-order valence-electron chi connectivity index (χ4n) is 8.62.